The third-order valence-corrected chi connectivity index (χ3v) is 3.68. The Morgan fingerprint density at radius 3 is 2.59 bits per heavy atom. The Balaban J connectivity index is 2.11. The van der Waals surface area contributed by atoms with E-state index in [2.05, 4.69) is 35.0 Å². The zero-order valence-corrected chi connectivity index (χ0v) is 12.0. The van der Waals surface area contributed by atoms with Crippen molar-refractivity contribution in [2.24, 2.45) is 0 Å². The molecular weight excluding hydrogens is 300 g/mol. The number of hydrogen-bond acceptors (Lipinski definition) is 1. The summed E-state index contributed by atoms with van der Waals surface area (Å²) in [6, 6.07) is 10.2. The molecule has 0 aliphatic carbocycles. The second kappa shape index (κ2) is 5.74. The SMILES string of the molecule is CCc1occc1C(Cl)Cc1ccc(Br)cc1. The summed E-state index contributed by atoms with van der Waals surface area (Å²) in [5.74, 6) is 0.988. The lowest BCUT2D eigenvalue weighted by molar-refractivity contribution is 0.510. The lowest BCUT2D eigenvalue weighted by Crippen LogP contribution is -1.97. The number of rotatable bonds is 4. The Bertz CT molecular complexity index is 475. The molecule has 0 aliphatic heterocycles. The van der Waals surface area contributed by atoms with E-state index in [1.54, 1.807) is 6.26 Å². The van der Waals surface area contributed by atoms with Crippen LogP contribution in [-0.2, 0) is 12.8 Å². The third kappa shape index (κ3) is 3.14. The fourth-order valence-corrected chi connectivity index (χ4v) is 2.49. The van der Waals surface area contributed by atoms with Crippen molar-refractivity contribution in [2.45, 2.75) is 25.1 Å². The van der Waals surface area contributed by atoms with Crippen LogP contribution in [0.25, 0.3) is 0 Å². The van der Waals surface area contributed by atoms with E-state index < -0.39 is 0 Å². The van der Waals surface area contributed by atoms with Gasteiger partial charge in [-0.1, -0.05) is 35.0 Å². The quantitative estimate of drug-likeness (QED) is 0.713. The molecule has 17 heavy (non-hydrogen) atoms. The summed E-state index contributed by atoms with van der Waals surface area (Å²) in [5, 5.41) is -0.0233. The molecule has 1 nitrogen and oxygen atoms in total. The Morgan fingerprint density at radius 1 is 1.24 bits per heavy atom. The topological polar surface area (TPSA) is 13.1 Å². The van der Waals surface area contributed by atoms with Crippen molar-refractivity contribution < 1.29 is 4.42 Å². The lowest BCUT2D eigenvalue weighted by atomic mass is 10.0. The molecule has 1 unspecified atom stereocenters. The van der Waals surface area contributed by atoms with E-state index in [0.717, 1.165) is 28.6 Å². The van der Waals surface area contributed by atoms with E-state index in [1.165, 1.54) is 5.56 Å². The largest absolute Gasteiger partial charge is 0.469 e. The van der Waals surface area contributed by atoms with Crippen molar-refractivity contribution in [3.05, 3.63) is 58.0 Å². The maximum Gasteiger partial charge on any atom is 0.108 e. The van der Waals surface area contributed by atoms with Crippen LogP contribution in [-0.4, -0.2) is 0 Å². The van der Waals surface area contributed by atoms with Gasteiger partial charge in [0.15, 0.2) is 0 Å². The van der Waals surface area contributed by atoms with Crippen molar-refractivity contribution in [1.29, 1.82) is 0 Å². The van der Waals surface area contributed by atoms with E-state index >= 15 is 0 Å². The summed E-state index contributed by atoms with van der Waals surface area (Å²) in [7, 11) is 0. The normalized spacial score (nSPS) is 12.6. The molecule has 2 rings (SSSR count). The van der Waals surface area contributed by atoms with Gasteiger partial charge < -0.3 is 4.42 Å². The van der Waals surface area contributed by atoms with E-state index in [0.29, 0.717) is 0 Å². The summed E-state index contributed by atoms with van der Waals surface area (Å²) < 4.78 is 6.49. The van der Waals surface area contributed by atoms with Gasteiger partial charge in [-0.15, -0.1) is 11.6 Å². The van der Waals surface area contributed by atoms with Crippen LogP contribution in [0.3, 0.4) is 0 Å². The molecule has 3 heteroatoms. The first-order valence-corrected chi connectivity index (χ1v) is 6.88. The highest BCUT2D eigenvalue weighted by Crippen LogP contribution is 2.29. The first-order valence-electron chi connectivity index (χ1n) is 5.65. The molecule has 0 saturated carbocycles. The van der Waals surface area contributed by atoms with E-state index in [4.69, 9.17) is 16.0 Å². The zero-order chi connectivity index (χ0) is 12.3. The van der Waals surface area contributed by atoms with Crippen molar-refractivity contribution in [1.82, 2.24) is 0 Å². The van der Waals surface area contributed by atoms with Crippen molar-refractivity contribution in [2.75, 3.05) is 0 Å². The lowest BCUT2D eigenvalue weighted by Gasteiger charge is -2.09. The average Bonchev–Trinajstić information content (AvgIpc) is 2.80. The molecule has 1 aromatic carbocycles. The number of hydrogen-bond donors (Lipinski definition) is 0. The van der Waals surface area contributed by atoms with Crippen LogP contribution in [0.15, 0.2) is 45.5 Å². The molecule has 1 atom stereocenters. The molecule has 1 aromatic heterocycles. The van der Waals surface area contributed by atoms with Crippen molar-refractivity contribution in [3.8, 4) is 0 Å². The van der Waals surface area contributed by atoms with Gasteiger partial charge in [0.25, 0.3) is 0 Å². The van der Waals surface area contributed by atoms with E-state index in [1.807, 2.05) is 18.2 Å². The van der Waals surface area contributed by atoms with Crippen molar-refractivity contribution in [3.63, 3.8) is 0 Å². The van der Waals surface area contributed by atoms with Crippen LogP contribution in [0.4, 0.5) is 0 Å². The predicted molar refractivity (Wildman–Crippen MR) is 74.5 cm³/mol. The van der Waals surface area contributed by atoms with Crippen LogP contribution in [0.1, 0.15) is 29.2 Å². The number of alkyl halides is 1. The summed E-state index contributed by atoms with van der Waals surface area (Å²) in [4.78, 5) is 0. The fraction of sp³-hybridized carbons (Fsp3) is 0.286. The average molecular weight is 314 g/mol. The minimum atomic E-state index is -0.0233. The predicted octanol–water partition coefficient (Wildman–Crippen LogP) is 5.13. The van der Waals surface area contributed by atoms with Gasteiger partial charge in [0.05, 0.1) is 11.6 Å². The highest BCUT2D eigenvalue weighted by molar-refractivity contribution is 9.10. The molecule has 0 saturated heterocycles. The maximum absolute atomic E-state index is 6.43. The van der Waals surface area contributed by atoms with E-state index in [-0.39, 0.29) is 5.38 Å². The van der Waals surface area contributed by atoms with Gasteiger partial charge in [0.1, 0.15) is 5.76 Å². The van der Waals surface area contributed by atoms with Crippen LogP contribution in [0.5, 0.6) is 0 Å². The van der Waals surface area contributed by atoms with Crippen LogP contribution in [0.2, 0.25) is 0 Å². The fourth-order valence-electron chi connectivity index (χ4n) is 1.85. The molecule has 0 amide bonds. The van der Waals surface area contributed by atoms with Gasteiger partial charge in [0, 0.05) is 16.5 Å². The number of furan rings is 1. The summed E-state index contributed by atoms with van der Waals surface area (Å²) in [6.07, 6.45) is 3.42. The molecule has 0 radical (unpaired) electrons. The van der Waals surface area contributed by atoms with Crippen molar-refractivity contribution >= 4 is 27.5 Å². The molecule has 2 aromatic rings. The first kappa shape index (κ1) is 12.7. The third-order valence-electron chi connectivity index (χ3n) is 2.77. The Kier molecular flexibility index (Phi) is 4.30. The minimum absolute atomic E-state index is 0.0233. The Morgan fingerprint density at radius 2 is 1.94 bits per heavy atom. The van der Waals surface area contributed by atoms with E-state index in [9.17, 15) is 0 Å². The molecule has 0 N–H and O–H groups in total. The summed E-state index contributed by atoms with van der Waals surface area (Å²) >= 11 is 9.86. The van der Waals surface area contributed by atoms with Gasteiger partial charge in [-0.2, -0.15) is 0 Å². The van der Waals surface area contributed by atoms with Gasteiger partial charge in [-0.25, -0.2) is 0 Å². The number of benzene rings is 1. The minimum Gasteiger partial charge on any atom is -0.469 e. The highest BCUT2D eigenvalue weighted by Gasteiger charge is 2.14. The molecular formula is C14H14BrClO. The van der Waals surface area contributed by atoms with Gasteiger partial charge in [-0.05, 0) is 30.2 Å². The van der Waals surface area contributed by atoms with Gasteiger partial charge >= 0.3 is 0 Å². The maximum atomic E-state index is 6.43. The smallest absolute Gasteiger partial charge is 0.108 e. The zero-order valence-electron chi connectivity index (χ0n) is 9.62. The Labute approximate surface area is 115 Å². The molecule has 1 heterocycles. The van der Waals surface area contributed by atoms with Gasteiger partial charge in [0.2, 0.25) is 0 Å². The molecule has 0 aliphatic rings. The van der Waals surface area contributed by atoms with Crippen LogP contribution in [0, 0.1) is 0 Å². The van der Waals surface area contributed by atoms with Gasteiger partial charge in [-0.3, -0.25) is 0 Å². The number of aryl methyl sites for hydroxylation is 1. The summed E-state index contributed by atoms with van der Waals surface area (Å²) in [5.41, 5.74) is 2.34. The molecule has 0 spiro atoms. The monoisotopic (exact) mass is 312 g/mol. The molecule has 90 valence electrons. The van der Waals surface area contributed by atoms with Crippen LogP contribution < -0.4 is 0 Å². The number of halogens is 2. The highest BCUT2D eigenvalue weighted by atomic mass is 79.9. The standard InChI is InChI=1S/C14H14BrClO/c1-2-14-12(7-8-17-14)13(16)9-10-3-5-11(15)6-4-10/h3-8,13H,2,9H2,1H3. The second-order valence-electron chi connectivity index (χ2n) is 3.95. The first-order chi connectivity index (χ1) is 8.20. The Hall–Kier alpha value is -0.730. The summed E-state index contributed by atoms with van der Waals surface area (Å²) in [6.45, 7) is 2.07. The molecule has 0 fully saturated rings. The second-order valence-corrected chi connectivity index (χ2v) is 5.39. The van der Waals surface area contributed by atoms with Crippen LogP contribution >= 0.6 is 27.5 Å². The molecule has 0 bridgehead atoms.